The minimum atomic E-state index is -0.193. The number of fused-ring (bicyclic) bond motifs is 2. The molecule has 1 aliphatic rings. The third-order valence-electron chi connectivity index (χ3n) is 4.94. The van der Waals surface area contributed by atoms with E-state index in [-0.39, 0.29) is 11.2 Å². The second kappa shape index (κ2) is 5.42. The summed E-state index contributed by atoms with van der Waals surface area (Å²) in [5.74, 6) is 0.126. The quantitative estimate of drug-likeness (QED) is 0.509. The summed E-state index contributed by atoms with van der Waals surface area (Å²) in [4.78, 5) is 12.9. The van der Waals surface area contributed by atoms with Gasteiger partial charge in [0, 0.05) is 21.0 Å². The monoisotopic (exact) mass is 376 g/mol. The summed E-state index contributed by atoms with van der Waals surface area (Å²) in [6.45, 7) is 4.39. The zero-order chi connectivity index (χ0) is 16.9. The highest BCUT2D eigenvalue weighted by Gasteiger charge is 2.36. The zero-order valence-electron chi connectivity index (χ0n) is 13.6. The van der Waals surface area contributed by atoms with Gasteiger partial charge in [0.1, 0.15) is 0 Å². The van der Waals surface area contributed by atoms with Crippen LogP contribution in [0.25, 0.3) is 11.1 Å². The Hall–Kier alpha value is -2.19. The van der Waals surface area contributed by atoms with Gasteiger partial charge in [0.15, 0.2) is 5.78 Å². The molecule has 0 aromatic heterocycles. The Bertz CT molecular complexity index is 969. The second-order valence-corrected chi connectivity index (χ2v) is 7.69. The van der Waals surface area contributed by atoms with Gasteiger partial charge in [-0.3, -0.25) is 4.79 Å². The van der Waals surface area contributed by atoms with Crippen LogP contribution < -0.4 is 0 Å². The molecule has 0 amide bonds. The van der Waals surface area contributed by atoms with Crippen molar-refractivity contribution in [1.29, 1.82) is 0 Å². The number of rotatable bonds is 1. The number of carbonyl (C=O) groups is 1. The molecule has 0 spiro atoms. The van der Waals surface area contributed by atoms with Crippen molar-refractivity contribution in [3.8, 4) is 11.1 Å². The van der Waals surface area contributed by atoms with E-state index in [1.807, 2.05) is 42.5 Å². The van der Waals surface area contributed by atoms with Gasteiger partial charge in [-0.1, -0.05) is 78.3 Å². The van der Waals surface area contributed by atoms with Gasteiger partial charge in [0.05, 0.1) is 0 Å². The highest BCUT2D eigenvalue weighted by molar-refractivity contribution is 9.10. The molecule has 0 saturated heterocycles. The van der Waals surface area contributed by atoms with Crippen molar-refractivity contribution < 1.29 is 4.79 Å². The van der Waals surface area contributed by atoms with Crippen LogP contribution in [0.5, 0.6) is 0 Å². The Labute approximate surface area is 150 Å². The van der Waals surface area contributed by atoms with Crippen molar-refractivity contribution in [2.75, 3.05) is 0 Å². The van der Waals surface area contributed by atoms with E-state index < -0.39 is 0 Å². The predicted molar refractivity (Wildman–Crippen MR) is 102 cm³/mol. The summed E-state index contributed by atoms with van der Waals surface area (Å²) < 4.78 is 1.05. The largest absolute Gasteiger partial charge is 0.289 e. The number of ketones is 1. The SMILES string of the molecule is CC1(C)c2ccccc2C(=O)c2ccc(-c3cccc(Br)c3)cc21. The van der Waals surface area contributed by atoms with Crippen molar-refractivity contribution in [3.63, 3.8) is 0 Å². The highest BCUT2D eigenvalue weighted by atomic mass is 79.9. The van der Waals surface area contributed by atoms with Gasteiger partial charge >= 0.3 is 0 Å². The maximum atomic E-state index is 12.9. The fourth-order valence-corrected chi connectivity index (χ4v) is 4.02. The molecule has 4 rings (SSSR count). The van der Waals surface area contributed by atoms with Crippen LogP contribution in [0.15, 0.2) is 71.2 Å². The average Bonchev–Trinajstić information content (AvgIpc) is 2.60. The van der Waals surface area contributed by atoms with Gasteiger partial charge < -0.3 is 0 Å². The van der Waals surface area contributed by atoms with E-state index >= 15 is 0 Å². The topological polar surface area (TPSA) is 17.1 Å². The smallest absolute Gasteiger partial charge is 0.193 e. The summed E-state index contributed by atoms with van der Waals surface area (Å²) in [5.41, 5.74) is 5.94. The molecule has 0 unspecified atom stereocenters. The minimum Gasteiger partial charge on any atom is -0.289 e. The van der Waals surface area contributed by atoms with E-state index in [1.54, 1.807) is 0 Å². The lowest BCUT2D eigenvalue weighted by molar-refractivity contribution is 0.103. The maximum Gasteiger partial charge on any atom is 0.193 e. The van der Waals surface area contributed by atoms with Crippen LogP contribution in [0, 0.1) is 0 Å². The fourth-order valence-electron chi connectivity index (χ4n) is 3.62. The summed E-state index contributed by atoms with van der Waals surface area (Å²) in [5, 5.41) is 0. The van der Waals surface area contributed by atoms with Crippen molar-refractivity contribution in [2.24, 2.45) is 0 Å². The van der Waals surface area contributed by atoms with Crippen LogP contribution in [0.1, 0.15) is 40.9 Å². The Morgan fingerprint density at radius 2 is 1.46 bits per heavy atom. The minimum absolute atomic E-state index is 0.126. The standard InChI is InChI=1S/C22H17BrO/c1-22(2)19-9-4-3-8-17(19)21(24)18-11-10-15(13-20(18)22)14-6-5-7-16(23)12-14/h3-13H,1-2H3. The molecule has 2 heteroatoms. The van der Waals surface area contributed by atoms with Crippen LogP contribution in [-0.4, -0.2) is 5.78 Å². The highest BCUT2D eigenvalue weighted by Crippen LogP contribution is 2.42. The summed E-state index contributed by atoms with van der Waals surface area (Å²) in [6, 6.07) is 22.4. The van der Waals surface area contributed by atoms with E-state index in [0.29, 0.717) is 0 Å². The number of carbonyl (C=O) groups excluding carboxylic acids is 1. The molecule has 3 aromatic rings. The molecule has 118 valence electrons. The van der Waals surface area contributed by atoms with Crippen LogP contribution in [0.3, 0.4) is 0 Å². The maximum absolute atomic E-state index is 12.9. The lowest BCUT2D eigenvalue weighted by atomic mass is 9.68. The van der Waals surface area contributed by atoms with Crippen molar-refractivity contribution in [3.05, 3.63) is 93.5 Å². The molecular weight excluding hydrogens is 360 g/mol. The van der Waals surface area contributed by atoms with Crippen molar-refractivity contribution >= 4 is 21.7 Å². The van der Waals surface area contributed by atoms with Gasteiger partial charge in [-0.05, 0) is 40.5 Å². The molecule has 0 radical (unpaired) electrons. The molecule has 0 N–H and O–H groups in total. The molecule has 1 nitrogen and oxygen atoms in total. The molecule has 0 atom stereocenters. The lowest BCUT2D eigenvalue weighted by Crippen LogP contribution is -2.30. The van der Waals surface area contributed by atoms with Gasteiger partial charge in [-0.15, -0.1) is 0 Å². The molecule has 0 aliphatic heterocycles. The molecule has 0 fully saturated rings. The third-order valence-corrected chi connectivity index (χ3v) is 5.43. The average molecular weight is 377 g/mol. The lowest BCUT2D eigenvalue weighted by Gasteiger charge is -2.34. The van der Waals surface area contributed by atoms with Gasteiger partial charge in [0.2, 0.25) is 0 Å². The fraction of sp³-hybridized carbons (Fsp3) is 0.136. The molecular formula is C22H17BrO. The first-order valence-electron chi connectivity index (χ1n) is 8.03. The third kappa shape index (κ3) is 2.25. The van der Waals surface area contributed by atoms with E-state index in [9.17, 15) is 4.79 Å². The molecule has 1 aliphatic carbocycles. The first-order valence-corrected chi connectivity index (χ1v) is 8.82. The Morgan fingerprint density at radius 3 is 2.25 bits per heavy atom. The van der Waals surface area contributed by atoms with Gasteiger partial charge in [-0.2, -0.15) is 0 Å². The van der Waals surface area contributed by atoms with Crippen LogP contribution in [0.4, 0.5) is 0 Å². The molecule has 0 saturated carbocycles. The normalized spacial score (nSPS) is 14.9. The number of hydrogen-bond donors (Lipinski definition) is 0. The number of halogens is 1. The Balaban J connectivity index is 1.94. The second-order valence-electron chi connectivity index (χ2n) is 6.77. The van der Waals surface area contributed by atoms with E-state index in [0.717, 1.165) is 37.9 Å². The van der Waals surface area contributed by atoms with Crippen molar-refractivity contribution in [1.82, 2.24) is 0 Å². The van der Waals surface area contributed by atoms with Gasteiger partial charge in [-0.25, -0.2) is 0 Å². The van der Waals surface area contributed by atoms with Crippen LogP contribution >= 0.6 is 15.9 Å². The Morgan fingerprint density at radius 1 is 0.750 bits per heavy atom. The van der Waals surface area contributed by atoms with E-state index in [4.69, 9.17) is 0 Å². The number of hydrogen-bond acceptors (Lipinski definition) is 1. The molecule has 3 aromatic carbocycles. The van der Waals surface area contributed by atoms with Crippen LogP contribution in [0.2, 0.25) is 0 Å². The first-order chi connectivity index (χ1) is 11.5. The Kier molecular flexibility index (Phi) is 3.47. The predicted octanol–water partition coefficient (Wildman–Crippen LogP) is 5.99. The molecule has 0 heterocycles. The zero-order valence-corrected chi connectivity index (χ0v) is 15.2. The summed E-state index contributed by atoms with van der Waals surface area (Å²) >= 11 is 3.53. The summed E-state index contributed by atoms with van der Waals surface area (Å²) in [6.07, 6.45) is 0. The van der Waals surface area contributed by atoms with E-state index in [2.05, 4.69) is 54.0 Å². The van der Waals surface area contributed by atoms with Crippen LogP contribution in [-0.2, 0) is 5.41 Å². The van der Waals surface area contributed by atoms with E-state index in [1.165, 1.54) is 0 Å². The summed E-state index contributed by atoms with van der Waals surface area (Å²) in [7, 11) is 0. The van der Waals surface area contributed by atoms with Crippen molar-refractivity contribution in [2.45, 2.75) is 19.3 Å². The molecule has 0 bridgehead atoms. The number of benzene rings is 3. The molecule has 24 heavy (non-hydrogen) atoms. The van der Waals surface area contributed by atoms with Gasteiger partial charge in [0.25, 0.3) is 0 Å². The first kappa shape index (κ1) is 15.3.